The van der Waals surface area contributed by atoms with Gasteiger partial charge in [-0.1, -0.05) is 60.1 Å². The first kappa shape index (κ1) is 19.5. The topological polar surface area (TPSA) is 46.6 Å². The van der Waals surface area contributed by atoms with E-state index in [0.29, 0.717) is 32.9 Å². The Kier molecular flexibility index (Phi) is 6.26. The summed E-state index contributed by atoms with van der Waals surface area (Å²) in [4.78, 5) is 26.6. The average molecular weight is 420 g/mol. The molecule has 2 amide bonds. The number of benzene rings is 2. The minimum atomic E-state index is -0.366. The predicted molar refractivity (Wildman–Crippen MR) is 110 cm³/mol. The molecule has 1 aliphatic heterocycles. The van der Waals surface area contributed by atoms with Crippen LogP contribution in [0.3, 0.4) is 0 Å². The van der Waals surface area contributed by atoms with Gasteiger partial charge in [0.1, 0.15) is 12.4 Å². The molecule has 1 aliphatic rings. The summed E-state index contributed by atoms with van der Waals surface area (Å²) < 4.78 is 5.60. The minimum Gasteiger partial charge on any atom is -0.489 e. The summed E-state index contributed by atoms with van der Waals surface area (Å²) in [7, 11) is 0. The molecule has 0 saturated carbocycles. The van der Waals surface area contributed by atoms with Crippen molar-refractivity contribution in [3.63, 3.8) is 0 Å². The first-order valence-corrected chi connectivity index (χ1v) is 9.59. The Bertz CT molecular complexity index is 943. The van der Waals surface area contributed by atoms with E-state index in [1.165, 1.54) is 4.90 Å². The lowest BCUT2D eigenvalue weighted by atomic mass is 10.1. The van der Waals surface area contributed by atoms with E-state index < -0.39 is 0 Å². The lowest BCUT2D eigenvalue weighted by Crippen LogP contribution is -2.27. The zero-order chi connectivity index (χ0) is 19.4. The Labute approximate surface area is 171 Å². The Hall–Kier alpha value is -2.21. The third kappa shape index (κ3) is 4.56. The van der Waals surface area contributed by atoms with E-state index in [0.717, 1.165) is 17.3 Å². The quantitative estimate of drug-likeness (QED) is 0.438. The number of carbonyl (C=O) groups excluding carboxylic acids is 2. The summed E-state index contributed by atoms with van der Waals surface area (Å²) in [5, 5.41) is 0.560. The van der Waals surface area contributed by atoms with E-state index in [9.17, 15) is 9.59 Å². The molecule has 0 aromatic heterocycles. The molecule has 0 N–H and O–H groups in total. The number of ether oxygens (including phenoxy) is 1. The third-order valence-electron chi connectivity index (χ3n) is 3.78. The van der Waals surface area contributed by atoms with Crippen LogP contribution in [0.4, 0.5) is 4.79 Å². The van der Waals surface area contributed by atoms with Crippen LogP contribution in [-0.2, 0) is 11.3 Å². The highest BCUT2D eigenvalue weighted by Crippen LogP contribution is 2.35. The van der Waals surface area contributed by atoms with Crippen molar-refractivity contribution in [1.82, 2.24) is 4.90 Å². The smallest absolute Gasteiger partial charge is 0.293 e. The van der Waals surface area contributed by atoms with Crippen LogP contribution in [0.15, 0.2) is 60.0 Å². The molecular weight excluding hydrogens is 405 g/mol. The number of hydrogen-bond acceptors (Lipinski definition) is 4. The molecule has 7 heteroatoms. The molecule has 0 bridgehead atoms. The van der Waals surface area contributed by atoms with E-state index >= 15 is 0 Å². The molecule has 138 valence electrons. The fourth-order valence-corrected chi connectivity index (χ4v) is 3.78. The van der Waals surface area contributed by atoms with Gasteiger partial charge in [-0.15, -0.1) is 0 Å². The van der Waals surface area contributed by atoms with Crippen molar-refractivity contribution in [3.05, 3.63) is 81.2 Å². The van der Waals surface area contributed by atoms with Crippen LogP contribution in [0.2, 0.25) is 10.0 Å². The van der Waals surface area contributed by atoms with E-state index in [2.05, 4.69) is 6.58 Å². The van der Waals surface area contributed by atoms with Crippen LogP contribution in [0.25, 0.3) is 6.08 Å². The van der Waals surface area contributed by atoms with E-state index in [-0.39, 0.29) is 17.7 Å². The second-order valence-corrected chi connectivity index (χ2v) is 7.48. The Balaban J connectivity index is 1.84. The van der Waals surface area contributed by atoms with Crippen molar-refractivity contribution in [2.75, 3.05) is 6.61 Å². The summed E-state index contributed by atoms with van der Waals surface area (Å²) >= 11 is 12.9. The summed E-state index contributed by atoms with van der Waals surface area (Å²) in [5.74, 6) is 0.250. The molecule has 1 saturated heterocycles. The number of rotatable bonds is 6. The van der Waals surface area contributed by atoms with Gasteiger partial charge in [0.25, 0.3) is 11.1 Å². The first-order chi connectivity index (χ1) is 13.0. The Morgan fingerprint density at radius 1 is 1.15 bits per heavy atom. The van der Waals surface area contributed by atoms with Gasteiger partial charge in [-0.25, -0.2) is 0 Å². The summed E-state index contributed by atoms with van der Waals surface area (Å²) in [5.41, 5.74) is 1.37. The standard InChI is InChI=1S/C20H15Cl2NO3S/c1-2-9-26-17-6-4-3-5-13(17)10-18-19(24)23(20(25)27-18)12-14-7-8-15(21)11-16(14)22/h2-8,10-11H,1,9,12H2/b18-10-. The van der Waals surface area contributed by atoms with Crippen LogP contribution in [-0.4, -0.2) is 22.7 Å². The highest BCUT2D eigenvalue weighted by molar-refractivity contribution is 8.18. The molecule has 1 fully saturated rings. The number of amides is 2. The van der Waals surface area contributed by atoms with E-state index in [1.807, 2.05) is 18.2 Å². The maximum absolute atomic E-state index is 12.7. The molecule has 2 aromatic rings. The molecule has 1 heterocycles. The van der Waals surface area contributed by atoms with Crippen LogP contribution in [0, 0.1) is 0 Å². The third-order valence-corrected chi connectivity index (χ3v) is 5.27. The minimum absolute atomic E-state index is 0.0899. The average Bonchev–Trinajstić information content (AvgIpc) is 2.90. The van der Waals surface area contributed by atoms with Crippen molar-refractivity contribution < 1.29 is 14.3 Å². The molecule has 27 heavy (non-hydrogen) atoms. The monoisotopic (exact) mass is 419 g/mol. The van der Waals surface area contributed by atoms with Gasteiger partial charge < -0.3 is 4.74 Å². The maximum atomic E-state index is 12.7. The van der Waals surface area contributed by atoms with Gasteiger partial charge >= 0.3 is 0 Å². The van der Waals surface area contributed by atoms with Crippen molar-refractivity contribution in [1.29, 1.82) is 0 Å². The van der Waals surface area contributed by atoms with Crippen LogP contribution >= 0.6 is 35.0 Å². The van der Waals surface area contributed by atoms with E-state index in [4.69, 9.17) is 27.9 Å². The molecular formula is C20H15Cl2NO3S. The zero-order valence-electron chi connectivity index (χ0n) is 14.2. The molecule has 0 spiro atoms. The van der Waals surface area contributed by atoms with Gasteiger partial charge in [0.05, 0.1) is 11.4 Å². The lowest BCUT2D eigenvalue weighted by molar-refractivity contribution is -0.123. The van der Waals surface area contributed by atoms with Gasteiger partial charge in [0, 0.05) is 15.6 Å². The second kappa shape index (κ2) is 8.65. The SMILES string of the molecule is C=CCOc1ccccc1/C=C1\SC(=O)N(Cc2ccc(Cl)cc2Cl)C1=O. The van der Waals surface area contributed by atoms with Crippen LogP contribution in [0.5, 0.6) is 5.75 Å². The van der Waals surface area contributed by atoms with Crippen molar-refractivity contribution in [2.45, 2.75) is 6.54 Å². The largest absolute Gasteiger partial charge is 0.489 e. The number of thioether (sulfide) groups is 1. The number of carbonyl (C=O) groups is 2. The molecule has 0 atom stereocenters. The lowest BCUT2D eigenvalue weighted by Gasteiger charge is -2.13. The fourth-order valence-electron chi connectivity index (χ4n) is 2.48. The summed E-state index contributed by atoms with van der Waals surface area (Å²) in [6.45, 7) is 4.06. The number of nitrogens with zero attached hydrogens (tertiary/aromatic N) is 1. The predicted octanol–water partition coefficient (Wildman–Crippen LogP) is 5.79. The van der Waals surface area contributed by atoms with E-state index in [1.54, 1.807) is 36.4 Å². The number of imide groups is 1. The summed E-state index contributed by atoms with van der Waals surface area (Å²) in [6.07, 6.45) is 3.30. The normalized spacial score (nSPS) is 15.5. The molecule has 0 radical (unpaired) electrons. The molecule has 4 nitrogen and oxygen atoms in total. The highest BCUT2D eigenvalue weighted by atomic mass is 35.5. The Morgan fingerprint density at radius 2 is 1.93 bits per heavy atom. The number of halogens is 2. The van der Waals surface area contributed by atoms with Crippen LogP contribution in [0.1, 0.15) is 11.1 Å². The Morgan fingerprint density at radius 3 is 2.67 bits per heavy atom. The number of hydrogen-bond donors (Lipinski definition) is 0. The first-order valence-electron chi connectivity index (χ1n) is 8.01. The molecule has 0 aliphatic carbocycles. The molecule has 3 rings (SSSR count). The second-order valence-electron chi connectivity index (χ2n) is 5.64. The van der Waals surface area contributed by atoms with Gasteiger partial charge in [-0.2, -0.15) is 0 Å². The van der Waals surface area contributed by atoms with Crippen LogP contribution < -0.4 is 4.74 Å². The summed E-state index contributed by atoms with van der Waals surface area (Å²) in [6, 6.07) is 12.3. The van der Waals surface area contributed by atoms with Gasteiger partial charge in [-0.3, -0.25) is 14.5 Å². The highest BCUT2D eigenvalue weighted by Gasteiger charge is 2.35. The molecule has 0 unspecified atom stereocenters. The van der Waals surface area contributed by atoms with Gasteiger partial charge in [0.15, 0.2) is 0 Å². The molecule has 2 aromatic carbocycles. The fraction of sp³-hybridized carbons (Fsp3) is 0.100. The van der Waals surface area contributed by atoms with Gasteiger partial charge in [0.2, 0.25) is 0 Å². The van der Waals surface area contributed by atoms with Gasteiger partial charge in [-0.05, 0) is 41.6 Å². The van der Waals surface area contributed by atoms with Crippen molar-refractivity contribution >= 4 is 52.2 Å². The maximum Gasteiger partial charge on any atom is 0.293 e. The zero-order valence-corrected chi connectivity index (χ0v) is 16.5. The van der Waals surface area contributed by atoms with Crippen molar-refractivity contribution in [3.8, 4) is 5.75 Å². The number of para-hydroxylation sites is 1. The van der Waals surface area contributed by atoms with Crippen molar-refractivity contribution in [2.24, 2.45) is 0 Å².